The average Bonchev–Trinajstić information content (AvgIpc) is 2.98. The van der Waals surface area contributed by atoms with Crippen molar-refractivity contribution in [3.05, 3.63) is 29.8 Å². The van der Waals surface area contributed by atoms with E-state index in [4.69, 9.17) is 4.74 Å². The van der Waals surface area contributed by atoms with Crippen LogP contribution < -0.4 is 5.32 Å². The van der Waals surface area contributed by atoms with Gasteiger partial charge in [-0.05, 0) is 35.8 Å². The molecule has 0 saturated carbocycles. The van der Waals surface area contributed by atoms with Crippen LogP contribution in [0.1, 0.15) is 24.9 Å². The van der Waals surface area contributed by atoms with Crippen LogP contribution >= 0.6 is 11.8 Å². The lowest BCUT2D eigenvalue weighted by atomic mass is 10.1. The minimum atomic E-state index is -3.16. The Morgan fingerprint density at radius 1 is 1.33 bits per heavy atom. The van der Waals surface area contributed by atoms with Crippen LogP contribution in [-0.2, 0) is 14.6 Å². The number of hydrogen-bond donors (Lipinski definition) is 1. The Bertz CT molecular complexity index is 688. The molecule has 1 saturated heterocycles. The highest BCUT2D eigenvalue weighted by molar-refractivity contribution is 8.00. The van der Waals surface area contributed by atoms with Crippen molar-refractivity contribution in [2.75, 3.05) is 25.2 Å². The summed E-state index contributed by atoms with van der Waals surface area (Å²) in [6, 6.07) is 7.04. The van der Waals surface area contributed by atoms with Crippen molar-refractivity contribution in [3.8, 4) is 0 Å². The van der Waals surface area contributed by atoms with E-state index in [1.165, 1.54) is 18.4 Å². The summed E-state index contributed by atoms with van der Waals surface area (Å²) < 4.78 is 29.1. The zero-order chi connectivity index (χ0) is 17.2. The summed E-state index contributed by atoms with van der Waals surface area (Å²) >= 11 is 1.99. The molecule has 1 fully saturated rings. The van der Waals surface area contributed by atoms with Crippen LogP contribution in [0.25, 0.3) is 0 Å². The molecule has 0 bridgehead atoms. The first kappa shape index (κ1) is 17.9. The number of aliphatic imine (C=N–C) groups is 1. The van der Waals surface area contributed by atoms with E-state index in [-0.39, 0.29) is 12.3 Å². The van der Waals surface area contributed by atoms with Gasteiger partial charge in [-0.1, -0.05) is 19.1 Å². The van der Waals surface area contributed by atoms with Crippen molar-refractivity contribution in [2.45, 2.75) is 35.8 Å². The summed E-state index contributed by atoms with van der Waals surface area (Å²) in [7, 11) is -3.16. The van der Waals surface area contributed by atoms with E-state index in [1.54, 1.807) is 12.1 Å². The van der Waals surface area contributed by atoms with Gasteiger partial charge in [0, 0.05) is 17.7 Å². The van der Waals surface area contributed by atoms with E-state index in [9.17, 15) is 8.42 Å². The monoisotopic (exact) mass is 368 g/mol. The fraction of sp³-hybridized carbons (Fsp3) is 0.588. The molecule has 1 aromatic rings. The van der Waals surface area contributed by atoms with E-state index < -0.39 is 9.84 Å². The van der Waals surface area contributed by atoms with E-state index in [0.717, 1.165) is 18.1 Å². The number of nitrogens with zero attached hydrogens (tertiary/aromatic N) is 1. The minimum Gasteiger partial charge on any atom is -0.357 e. The maximum atomic E-state index is 11.5. The molecule has 3 rings (SSSR count). The standard InChI is InChI=1S/C17H24N2O3S2/c1-12-7-14(23-11-12)10-22-17-9-18-8-16(19-17)13-3-5-15(6-4-13)24(2,20)21/h3-6,9,12,14,16-17,19H,7-8,10-11H2,1-2H3. The SMILES string of the molecule is CC1CSC(COC2C=NCC(c3ccc(S(C)(=O)=O)cc3)N2)C1. The van der Waals surface area contributed by atoms with Gasteiger partial charge in [0.1, 0.15) is 6.23 Å². The Hall–Kier alpha value is -0.890. The van der Waals surface area contributed by atoms with Crippen LogP contribution in [0.2, 0.25) is 0 Å². The largest absolute Gasteiger partial charge is 0.357 e. The molecule has 7 heteroatoms. The van der Waals surface area contributed by atoms with Crippen LogP contribution in [0.3, 0.4) is 0 Å². The lowest BCUT2D eigenvalue weighted by Gasteiger charge is -2.27. The topological polar surface area (TPSA) is 67.8 Å². The van der Waals surface area contributed by atoms with E-state index in [0.29, 0.717) is 16.7 Å². The average molecular weight is 369 g/mol. The summed E-state index contributed by atoms with van der Waals surface area (Å²) in [5.74, 6) is 1.99. The molecular formula is C17H24N2O3S2. The van der Waals surface area contributed by atoms with Gasteiger partial charge in [0.2, 0.25) is 0 Å². The van der Waals surface area contributed by atoms with Gasteiger partial charge in [-0.15, -0.1) is 0 Å². The molecular weight excluding hydrogens is 344 g/mol. The predicted molar refractivity (Wildman–Crippen MR) is 98.6 cm³/mol. The van der Waals surface area contributed by atoms with Crippen LogP contribution in [-0.4, -0.2) is 51.3 Å². The van der Waals surface area contributed by atoms with Gasteiger partial charge in [-0.25, -0.2) is 8.42 Å². The van der Waals surface area contributed by atoms with Gasteiger partial charge in [0.05, 0.1) is 24.1 Å². The summed E-state index contributed by atoms with van der Waals surface area (Å²) in [5.41, 5.74) is 1.02. The molecule has 2 aliphatic heterocycles. The summed E-state index contributed by atoms with van der Waals surface area (Å²) in [4.78, 5) is 4.75. The number of ether oxygens (including phenoxy) is 1. The van der Waals surface area contributed by atoms with Crippen molar-refractivity contribution < 1.29 is 13.2 Å². The Labute approximate surface area is 148 Å². The highest BCUT2D eigenvalue weighted by atomic mass is 32.2. The minimum absolute atomic E-state index is 0.0452. The normalized spacial score (nSPS) is 30.6. The summed E-state index contributed by atoms with van der Waals surface area (Å²) in [6.07, 6.45) is 4.07. The third kappa shape index (κ3) is 4.59. The fourth-order valence-electron chi connectivity index (χ4n) is 3.01. The molecule has 132 valence electrons. The molecule has 0 radical (unpaired) electrons. The number of benzene rings is 1. The first-order chi connectivity index (χ1) is 11.4. The molecule has 2 heterocycles. The van der Waals surface area contributed by atoms with Crippen molar-refractivity contribution in [1.29, 1.82) is 0 Å². The molecule has 1 aromatic carbocycles. The zero-order valence-corrected chi connectivity index (χ0v) is 15.6. The van der Waals surface area contributed by atoms with Crippen molar-refractivity contribution in [3.63, 3.8) is 0 Å². The number of nitrogens with one attached hydrogen (secondary N) is 1. The van der Waals surface area contributed by atoms with Crippen molar-refractivity contribution in [1.82, 2.24) is 5.32 Å². The third-order valence-corrected chi connectivity index (χ3v) is 7.04. The maximum Gasteiger partial charge on any atom is 0.175 e. The summed E-state index contributed by atoms with van der Waals surface area (Å²) in [6.45, 7) is 3.65. The van der Waals surface area contributed by atoms with E-state index in [1.807, 2.05) is 30.1 Å². The molecule has 24 heavy (non-hydrogen) atoms. The van der Waals surface area contributed by atoms with E-state index >= 15 is 0 Å². The number of thioether (sulfide) groups is 1. The Morgan fingerprint density at radius 3 is 2.71 bits per heavy atom. The lowest BCUT2D eigenvalue weighted by Crippen LogP contribution is -2.41. The Kier molecular flexibility index (Phi) is 5.64. The van der Waals surface area contributed by atoms with Crippen molar-refractivity contribution in [2.24, 2.45) is 10.9 Å². The number of rotatable bonds is 5. The first-order valence-electron chi connectivity index (χ1n) is 8.21. The molecule has 1 N–H and O–H groups in total. The lowest BCUT2D eigenvalue weighted by molar-refractivity contribution is 0.0664. The fourth-order valence-corrected chi connectivity index (χ4v) is 5.02. The third-order valence-electron chi connectivity index (χ3n) is 4.35. The van der Waals surface area contributed by atoms with Gasteiger partial charge in [-0.2, -0.15) is 11.8 Å². The Balaban J connectivity index is 1.57. The van der Waals surface area contributed by atoms with E-state index in [2.05, 4.69) is 17.2 Å². The van der Waals surface area contributed by atoms with Crippen LogP contribution in [0, 0.1) is 5.92 Å². The van der Waals surface area contributed by atoms with Gasteiger partial charge >= 0.3 is 0 Å². The van der Waals surface area contributed by atoms with Gasteiger partial charge in [0.25, 0.3) is 0 Å². The zero-order valence-electron chi connectivity index (χ0n) is 14.0. The predicted octanol–water partition coefficient (Wildman–Crippen LogP) is 2.29. The maximum absolute atomic E-state index is 11.5. The molecule has 0 aliphatic carbocycles. The second kappa shape index (κ2) is 7.56. The van der Waals surface area contributed by atoms with Gasteiger partial charge in [0.15, 0.2) is 9.84 Å². The Morgan fingerprint density at radius 2 is 2.08 bits per heavy atom. The van der Waals surface area contributed by atoms with Gasteiger partial charge < -0.3 is 4.74 Å². The second-order valence-corrected chi connectivity index (χ2v) is 9.97. The quantitative estimate of drug-likeness (QED) is 0.864. The number of sulfone groups is 1. The van der Waals surface area contributed by atoms with Gasteiger partial charge in [-0.3, -0.25) is 10.3 Å². The van der Waals surface area contributed by atoms with Crippen LogP contribution in [0.4, 0.5) is 0 Å². The first-order valence-corrected chi connectivity index (χ1v) is 11.1. The van der Waals surface area contributed by atoms with Crippen LogP contribution in [0.15, 0.2) is 34.2 Å². The molecule has 4 unspecified atom stereocenters. The molecule has 0 aromatic heterocycles. The van der Waals surface area contributed by atoms with Crippen LogP contribution in [0.5, 0.6) is 0 Å². The summed E-state index contributed by atoms with van der Waals surface area (Å²) in [5, 5.41) is 4.01. The molecule has 0 spiro atoms. The highest BCUT2D eigenvalue weighted by Crippen LogP contribution is 2.31. The molecule has 5 nitrogen and oxygen atoms in total. The molecule has 0 amide bonds. The smallest absolute Gasteiger partial charge is 0.175 e. The molecule has 2 aliphatic rings. The van der Waals surface area contributed by atoms with Crippen molar-refractivity contribution >= 4 is 27.8 Å². The highest BCUT2D eigenvalue weighted by Gasteiger charge is 2.25. The molecule has 4 atom stereocenters. The number of hydrogen-bond acceptors (Lipinski definition) is 6. The second-order valence-electron chi connectivity index (χ2n) is 6.62.